The van der Waals surface area contributed by atoms with Crippen molar-refractivity contribution >= 4 is 0 Å². The minimum atomic E-state index is 0.167. The minimum absolute atomic E-state index is 0.167. The summed E-state index contributed by atoms with van der Waals surface area (Å²) >= 11 is 0. The van der Waals surface area contributed by atoms with Gasteiger partial charge in [0.05, 0.1) is 6.61 Å². The van der Waals surface area contributed by atoms with E-state index >= 15 is 0 Å². The Kier molecular flexibility index (Phi) is 5.42. The maximum Gasteiger partial charge on any atom is 0.0587 e. The highest BCUT2D eigenvalue weighted by molar-refractivity contribution is 4.94. The molecule has 1 aliphatic heterocycles. The monoisotopic (exact) mass is 242 g/mol. The van der Waals surface area contributed by atoms with Gasteiger partial charge in [0, 0.05) is 18.1 Å². The van der Waals surface area contributed by atoms with Gasteiger partial charge in [-0.1, -0.05) is 34.1 Å². The molecule has 0 amide bonds. The van der Waals surface area contributed by atoms with Crippen LogP contribution in [0, 0.1) is 5.41 Å². The van der Waals surface area contributed by atoms with Crippen molar-refractivity contribution in [3.63, 3.8) is 0 Å². The van der Waals surface area contributed by atoms with E-state index in [1.807, 2.05) is 0 Å². The van der Waals surface area contributed by atoms with Crippen LogP contribution in [-0.2, 0) is 0 Å². The van der Waals surface area contributed by atoms with Gasteiger partial charge >= 0.3 is 0 Å². The first-order valence-corrected chi connectivity index (χ1v) is 7.04. The Balaban J connectivity index is 2.87. The van der Waals surface area contributed by atoms with Gasteiger partial charge in [0.15, 0.2) is 0 Å². The van der Waals surface area contributed by atoms with Gasteiger partial charge in [-0.05, 0) is 31.2 Å². The van der Waals surface area contributed by atoms with Crippen molar-refractivity contribution in [3.8, 4) is 0 Å². The molecule has 3 heteroatoms. The topological polar surface area (TPSA) is 49.5 Å². The van der Waals surface area contributed by atoms with Crippen LogP contribution in [0.2, 0.25) is 0 Å². The van der Waals surface area contributed by atoms with E-state index in [1.54, 1.807) is 0 Å². The third kappa shape index (κ3) is 3.67. The van der Waals surface area contributed by atoms with Crippen LogP contribution in [0.15, 0.2) is 0 Å². The van der Waals surface area contributed by atoms with Crippen molar-refractivity contribution in [1.82, 2.24) is 4.90 Å². The fourth-order valence-electron chi connectivity index (χ4n) is 3.19. The van der Waals surface area contributed by atoms with Gasteiger partial charge in [0.2, 0.25) is 0 Å². The average molecular weight is 242 g/mol. The molecule has 1 rings (SSSR count). The second kappa shape index (κ2) is 6.17. The summed E-state index contributed by atoms with van der Waals surface area (Å²) in [6.45, 7) is 10.3. The smallest absolute Gasteiger partial charge is 0.0587 e. The highest BCUT2D eigenvalue weighted by Crippen LogP contribution is 2.32. The van der Waals surface area contributed by atoms with E-state index in [0.717, 1.165) is 19.4 Å². The van der Waals surface area contributed by atoms with E-state index < -0.39 is 0 Å². The number of likely N-dealkylation sites (tertiary alicyclic amines) is 1. The summed E-state index contributed by atoms with van der Waals surface area (Å²) in [4.78, 5) is 2.47. The molecule has 3 nitrogen and oxygen atoms in total. The van der Waals surface area contributed by atoms with Crippen LogP contribution in [0.3, 0.4) is 0 Å². The molecule has 17 heavy (non-hydrogen) atoms. The van der Waals surface area contributed by atoms with Crippen LogP contribution in [0.25, 0.3) is 0 Å². The highest BCUT2D eigenvalue weighted by atomic mass is 16.3. The first-order valence-electron chi connectivity index (χ1n) is 7.04. The van der Waals surface area contributed by atoms with Crippen molar-refractivity contribution in [2.45, 2.75) is 71.5 Å². The molecule has 3 unspecified atom stereocenters. The molecule has 0 saturated carbocycles. The number of aliphatic hydroxyl groups is 1. The van der Waals surface area contributed by atoms with Crippen LogP contribution in [0.1, 0.15) is 53.4 Å². The summed E-state index contributed by atoms with van der Waals surface area (Å²) in [5.74, 6) is 0. The standard InChI is InChI=1S/C14H30N2O/c1-5-12(15)13(14(2,3)4)16-9-7-6-8-11(16)10-17/h11-13,17H,5-10,15H2,1-4H3. The molecule has 0 bridgehead atoms. The van der Waals surface area contributed by atoms with Crippen LogP contribution < -0.4 is 5.73 Å². The van der Waals surface area contributed by atoms with Crippen molar-refractivity contribution in [1.29, 1.82) is 0 Å². The summed E-state index contributed by atoms with van der Waals surface area (Å²) in [5, 5.41) is 9.55. The highest BCUT2D eigenvalue weighted by Gasteiger charge is 2.38. The van der Waals surface area contributed by atoms with E-state index in [-0.39, 0.29) is 18.1 Å². The number of nitrogens with two attached hydrogens (primary N) is 1. The van der Waals surface area contributed by atoms with E-state index in [9.17, 15) is 5.11 Å². The predicted octanol–water partition coefficient (Wildman–Crippen LogP) is 1.99. The van der Waals surface area contributed by atoms with Crippen molar-refractivity contribution in [2.24, 2.45) is 11.1 Å². The lowest BCUT2D eigenvalue weighted by molar-refractivity contribution is -0.00366. The molecule has 1 fully saturated rings. The predicted molar refractivity (Wildman–Crippen MR) is 72.9 cm³/mol. The Morgan fingerprint density at radius 3 is 2.47 bits per heavy atom. The van der Waals surface area contributed by atoms with Crippen LogP contribution in [0.5, 0.6) is 0 Å². The Bertz CT molecular complexity index is 225. The zero-order valence-corrected chi connectivity index (χ0v) is 11.9. The lowest BCUT2D eigenvalue weighted by atomic mass is 9.78. The van der Waals surface area contributed by atoms with Crippen molar-refractivity contribution in [2.75, 3.05) is 13.2 Å². The van der Waals surface area contributed by atoms with Gasteiger partial charge in [0.1, 0.15) is 0 Å². The van der Waals surface area contributed by atoms with Gasteiger partial charge in [-0.25, -0.2) is 0 Å². The van der Waals surface area contributed by atoms with E-state index in [2.05, 4.69) is 32.6 Å². The second-order valence-electron chi connectivity index (χ2n) is 6.45. The normalized spacial score (nSPS) is 26.8. The summed E-state index contributed by atoms with van der Waals surface area (Å²) in [6, 6.07) is 0.873. The third-order valence-electron chi connectivity index (χ3n) is 4.00. The number of aliphatic hydroxyl groups excluding tert-OH is 1. The molecule has 0 aliphatic carbocycles. The largest absolute Gasteiger partial charge is 0.395 e. The Morgan fingerprint density at radius 2 is 2.00 bits per heavy atom. The molecule has 0 aromatic rings. The van der Waals surface area contributed by atoms with Gasteiger partial charge in [-0.15, -0.1) is 0 Å². The zero-order chi connectivity index (χ0) is 13.1. The molecule has 102 valence electrons. The molecule has 0 radical (unpaired) electrons. The SMILES string of the molecule is CCC(N)C(N1CCCCC1CO)C(C)(C)C. The molecular formula is C14H30N2O. The maximum atomic E-state index is 9.55. The third-order valence-corrected chi connectivity index (χ3v) is 4.00. The van der Waals surface area contributed by atoms with E-state index in [0.29, 0.717) is 12.1 Å². The molecule has 3 N–H and O–H groups in total. The average Bonchev–Trinajstić information content (AvgIpc) is 2.28. The lowest BCUT2D eigenvalue weighted by Gasteiger charge is -2.48. The van der Waals surface area contributed by atoms with Gasteiger partial charge in [-0.2, -0.15) is 0 Å². The number of piperidine rings is 1. The molecule has 0 aromatic heterocycles. The van der Waals surface area contributed by atoms with Crippen molar-refractivity contribution in [3.05, 3.63) is 0 Å². The zero-order valence-electron chi connectivity index (χ0n) is 11.9. The summed E-state index contributed by atoms with van der Waals surface area (Å²) in [7, 11) is 0. The summed E-state index contributed by atoms with van der Waals surface area (Å²) in [5.41, 5.74) is 6.49. The molecule has 1 heterocycles. The molecule has 1 saturated heterocycles. The number of hydrogen-bond acceptors (Lipinski definition) is 3. The lowest BCUT2D eigenvalue weighted by Crippen LogP contribution is -2.59. The van der Waals surface area contributed by atoms with Crippen LogP contribution >= 0.6 is 0 Å². The molecule has 1 aliphatic rings. The summed E-state index contributed by atoms with van der Waals surface area (Å²) < 4.78 is 0. The van der Waals surface area contributed by atoms with Gasteiger partial charge in [0.25, 0.3) is 0 Å². The number of rotatable bonds is 4. The van der Waals surface area contributed by atoms with Crippen molar-refractivity contribution < 1.29 is 5.11 Å². The molecule has 3 atom stereocenters. The Morgan fingerprint density at radius 1 is 1.35 bits per heavy atom. The van der Waals surface area contributed by atoms with Gasteiger partial charge in [-0.3, -0.25) is 4.90 Å². The Labute approximate surface area is 106 Å². The molecular weight excluding hydrogens is 212 g/mol. The minimum Gasteiger partial charge on any atom is -0.395 e. The summed E-state index contributed by atoms with van der Waals surface area (Å²) in [6.07, 6.45) is 4.58. The van der Waals surface area contributed by atoms with Gasteiger partial charge < -0.3 is 10.8 Å². The fraction of sp³-hybridized carbons (Fsp3) is 1.00. The van der Waals surface area contributed by atoms with E-state index in [1.165, 1.54) is 12.8 Å². The van der Waals surface area contributed by atoms with Crippen LogP contribution in [-0.4, -0.2) is 41.3 Å². The molecule has 0 aromatic carbocycles. The quantitative estimate of drug-likeness (QED) is 0.792. The Hall–Kier alpha value is -0.120. The molecule has 0 spiro atoms. The van der Waals surface area contributed by atoms with Crippen LogP contribution in [0.4, 0.5) is 0 Å². The number of hydrogen-bond donors (Lipinski definition) is 2. The maximum absolute atomic E-state index is 9.55. The van der Waals surface area contributed by atoms with E-state index in [4.69, 9.17) is 5.73 Å². The fourth-order valence-corrected chi connectivity index (χ4v) is 3.19. The first kappa shape index (κ1) is 14.9. The number of nitrogens with zero attached hydrogens (tertiary/aromatic N) is 1. The second-order valence-corrected chi connectivity index (χ2v) is 6.45. The first-order chi connectivity index (χ1) is 7.91.